The van der Waals surface area contributed by atoms with E-state index in [9.17, 15) is 5.26 Å². The van der Waals surface area contributed by atoms with Gasteiger partial charge in [0, 0.05) is 19.1 Å². The Morgan fingerprint density at radius 1 is 1.33 bits per heavy atom. The van der Waals surface area contributed by atoms with Gasteiger partial charge in [-0.1, -0.05) is 44.2 Å². The quantitative estimate of drug-likeness (QED) is 0.866. The minimum Gasteiger partial charge on any atom is -0.309 e. The van der Waals surface area contributed by atoms with Crippen LogP contribution in [-0.4, -0.2) is 48.6 Å². The molecule has 4 heteroatoms. The fourth-order valence-corrected chi connectivity index (χ4v) is 3.27. The topological polar surface area (TPSA) is 56.3 Å². The highest BCUT2D eigenvalue weighted by atomic mass is 15.3. The van der Waals surface area contributed by atoms with E-state index < -0.39 is 5.54 Å². The van der Waals surface area contributed by atoms with Crippen LogP contribution in [0.15, 0.2) is 30.3 Å². The molecular weight excluding hydrogens is 260 g/mol. The zero-order valence-corrected chi connectivity index (χ0v) is 13.1. The molecule has 0 amide bonds. The van der Waals surface area contributed by atoms with E-state index in [-0.39, 0.29) is 0 Å². The molecule has 114 valence electrons. The van der Waals surface area contributed by atoms with E-state index in [1.807, 2.05) is 30.3 Å². The molecule has 1 heterocycles. The van der Waals surface area contributed by atoms with Crippen LogP contribution in [0, 0.1) is 11.3 Å². The lowest BCUT2D eigenvalue weighted by atomic mass is 9.92. The lowest BCUT2D eigenvalue weighted by Crippen LogP contribution is -2.47. The molecule has 1 aromatic rings. The summed E-state index contributed by atoms with van der Waals surface area (Å²) < 4.78 is 0. The first-order valence-electron chi connectivity index (χ1n) is 7.85. The minimum atomic E-state index is -0.917. The van der Waals surface area contributed by atoms with Crippen LogP contribution in [0.2, 0.25) is 0 Å². The molecule has 4 nitrogen and oxygen atoms in total. The van der Waals surface area contributed by atoms with Crippen molar-refractivity contribution < 1.29 is 0 Å². The van der Waals surface area contributed by atoms with E-state index in [4.69, 9.17) is 5.73 Å². The van der Waals surface area contributed by atoms with Gasteiger partial charge in [0.25, 0.3) is 0 Å². The van der Waals surface area contributed by atoms with Gasteiger partial charge in [-0.25, -0.2) is 0 Å². The molecule has 0 bridgehead atoms. The summed E-state index contributed by atoms with van der Waals surface area (Å²) in [4.78, 5) is 4.83. The van der Waals surface area contributed by atoms with Crippen molar-refractivity contribution in [3.05, 3.63) is 35.9 Å². The first-order chi connectivity index (χ1) is 10.1. The maximum Gasteiger partial charge on any atom is 0.142 e. The molecule has 1 saturated heterocycles. The highest BCUT2D eigenvalue weighted by Crippen LogP contribution is 2.23. The Balaban J connectivity index is 2.03. The smallest absolute Gasteiger partial charge is 0.142 e. The number of benzene rings is 1. The van der Waals surface area contributed by atoms with Gasteiger partial charge in [0.05, 0.1) is 6.07 Å². The van der Waals surface area contributed by atoms with Crippen molar-refractivity contribution in [1.82, 2.24) is 9.80 Å². The number of nitrogens with zero attached hydrogens (tertiary/aromatic N) is 3. The number of nitriles is 1. The van der Waals surface area contributed by atoms with E-state index in [2.05, 4.69) is 29.7 Å². The molecule has 21 heavy (non-hydrogen) atoms. The Morgan fingerprint density at radius 2 is 2.00 bits per heavy atom. The average Bonchev–Trinajstić information content (AvgIpc) is 2.97. The van der Waals surface area contributed by atoms with Crippen LogP contribution in [0.25, 0.3) is 0 Å². The van der Waals surface area contributed by atoms with Gasteiger partial charge in [0.2, 0.25) is 0 Å². The highest BCUT2D eigenvalue weighted by molar-refractivity contribution is 5.31. The predicted octanol–water partition coefficient (Wildman–Crippen LogP) is 1.78. The number of nitrogens with two attached hydrogens (primary N) is 1. The molecule has 0 saturated carbocycles. The summed E-state index contributed by atoms with van der Waals surface area (Å²) in [6, 6.07) is 12.6. The van der Waals surface area contributed by atoms with Crippen molar-refractivity contribution in [2.24, 2.45) is 5.73 Å². The first kappa shape index (κ1) is 16.0. The number of rotatable bonds is 6. The zero-order chi connectivity index (χ0) is 15.3. The third kappa shape index (κ3) is 3.62. The molecule has 0 aromatic heterocycles. The summed E-state index contributed by atoms with van der Waals surface area (Å²) >= 11 is 0. The summed E-state index contributed by atoms with van der Waals surface area (Å²) in [6.45, 7) is 9.21. The summed E-state index contributed by atoms with van der Waals surface area (Å²) in [5, 5.41) is 9.55. The monoisotopic (exact) mass is 286 g/mol. The molecule has 2 rings (SSSR count). The van der Waals surface area contributed by atoms with Gasteiger partial charge >= 0.3 is 0 Å². The summed E-state index contributed by atoms with van der Waals surface area (Å²) in [5.74, 6) is 0. The first-order valence-corrected chi connectivity index (χ1v) is 7.85. The van der Waals surface area contributed by atoms with Gasteiger partial charge in [0.1, 0.15) is 5.54 Å². The van der Waals surface area contributed by atoms with Crippen LogP contribution in [0.4, 0.5) is 0 Å². The molecule has 2 N–H and O–H groups in total. The highest BCUT2D eigenvalue weighted by Gasteiger charge is 2.34. The van der Waals surface area contributed by atoms with Crippen LogP contribution < -0.4 is 5.73 Å². The molecule has 0 radical (unpaired) electrons. The maximum atomic E-state index is 9.55. The molecule has 1 aromatic carbocycles. The summed E-state index contributed by atoms with van der Waals surface area (Å²) in [5.41, 5.74) is 6.35. The Morgan fingerprint density at radius 3 is 2.57 bits per heavy atom. The van der Waals surface area contributed by atoms with Gasteiger partial charge in [-0.2, -0.15) is 5.26 Å². The van der Waals surface area contributed by atoms with E-state index >= 15 is 0 Å². The van der Waals surface area contributed by atoms with Crippen molar-refractivity contribution >= 4 is 0 Å². The minimum absolute atomic E-state index is 0.596. The van der Waals surface area contributed by atoms with E-state index in [0.29, 0.717) is 12.6 Å². The van der Waals surface area contributed by atoms with Crippen molar-refractivity contribution in [1.29, 1.82) is 5.26 Å². The Hall–Kier alpha value is -1.41. The van der Waals surface area contributed by atoms with Crippen molar-refractivity contribution in [2.75, 3.05) is 32.7 Å². The van der Waals surface area contributed by atoms with Crippen LogP contribution in [0.3, 0.4) is 0 Å². The molecule has 0 spiro atoms. The second kappa shape index (κ2) is 7.04. The van der Waals surface area contributed by atoms with Crippen LogP contribution in [-0.2, 0) is 5.54 Å². The molecule has 1 aliphatic rings. The molecule has 2 unspecified atom stereocenters. The van der Waals surface area contributed by atoms with E-state index in [0.717, 1.165) is 38.2 Å². The second-order valence-corrected chi connectivity index (χ2v) is 5.85. The van der Waals surface area contributed by atoms with E-state index in [1.54, 1.807) is 0 Å². The van der Waals surface area contributed by atoms with Crippen molar-refractivity contribution in [3.8, 4) is 6.07 Å². The number of hydrogen-bond donors (Lipinski definition) is 1. The average molecular weight is 286 g/mol. The van der Waals surface area contributed by atoms with Gasteiger partial charge < -0.3 is 5.73 Å². The third-order valence-electron chi connectivity index (χ3n) is 4.54. The summed E-state index contributed by atoms with van der Waals surface area (Å²) in [7, 11) is 0. The zero-order valence-electron chi connectivity index (χ0n) is 13.1. The van der Waals surface area contributed by atoms with Gasteiger partial charge in [-0.3, -0.25) is 9.80 Å². The largest absolute Gasteiger partial charge is 0.309 e. The number of likely N-dealkylation sites (N-methyl/N-ethyl adjacent to an activating group) is 1. The lowest BCUT2D eigenvalue weighted by molar-refractivity contribution is 0.202. The van der Waals surface area contributed by atoms with Gasteiger partial charge in [-0.15, -0.1) is 0 Å². The molecule has 2 atom stereocenters. The number of likely N-dealkylation sites (tertiary alicyclic amines) is 1. The van der Waals surface area contributed by atoms with Crippen LogP contribution >= 0.6 is 0 Å². The van der Waals surface area contributed by atoms with Crippen LogP contribution in [0.5, 0.6) is 0 Å². The van der Waals surface area contributed by atoms with Gasteiger partial charge in [0.15, 0.2) is 0 Å². The molecule has 1 aliphatic heterocycles. The van der Waals surface area contributed by atoms with Crippen molar-refractivity contribution in [2.45, 2.75) is 31.8 Å². The standard InChI is InChI=1S/C17H26N4/c1-3-21(4-2)16-10-11-20(12-16)14-17(19,13-18)15-8-6-5-7-9-15/h5-9,16H,3-4,10-12,14,19H2,1-2H3. The molecule has 0 aliphatic carbocycles. The van der Waals surface area contributed by atoms with E-state index in [1.165, 1.54) is 0 Å². The lowest BCUT2D eigenvalue weighted by Gasteiger charge is -2.30. The third-order valence-corrected chi connectivity index (χ3v) is 4.54. The fraction of sp³-hybridized carbons (Fsp3) is 0.588. The Labute approximate surface area is 128 Å². The number of hydrogen-bond acceptors (Lipinski definition) is 4. The molecule has 1 fully saturated rings. The van der Waals surface area contributed by atoms with Crippen molar-refractivity contribution in [3.63, 3.8) is 0 Å². The molecular formula is C17H26N4. The normalized spacial score (nSPS) is 22.1. The fourth-order valence-electron chi connectivity index (χ4n) is 3.27. The van der Waals surface area contributed by atoms with Crippen LogP contribution in [0.1, 0.15) is 25.8 Å². The Kier molecular flexibility index (Phi) is 5.35. The van der Waals surface area contributed by atoms with Gasteiger partial charge in [-0.05, 0) is 31.6 Å². The predicted molar refractivity (Wildman–Crippen MR) is 85.7 cm³/mol. The second-order valence-electron chi connectivity index (χ2n) is 5.85. The Bertz CT molecular complexity index is 477. The summed E-state index contributed by atoms with van der Waals surface area (Å²) in [6.07, 6.45) is 1.16. The maximum absolute atomic E-state index is 9.55. The SMILES string of the molecule is CCN(CC)C1CCN(CC(N)(C#N)c2ccccc2)C1.